The molecule has 1 fully saturated rings. The van der Waals surface area contributed by atoms with Gasteiger partial charge in [-0.05, 0) is 37.6 Å². The SMILES string of the molecule is COc1ccc(-c2c(C)nn3c(N4CCN(Cc5ccc(OC)c(OC)c5OC)CC4)cc(C)nc23)cc1OC. The highest BCUT2D eigenvalue weighted by atomic mass is 16.5. The second kappa shape index (κ2) is 11.5. The number of anilines is 1. The molecule has 1 aliphatic heterocycles. The third-order valence-electron chi connectivity index (χ3n) is 7.42. The van der Waals surface area contributed by atoms with Gasteiger partial charge in [-0.3, -0.25) is 4.90 Å². The average Bonchev–Trinajstić information content (AvgIpc) is 3.31. The van der Waals surface area contributed by atoms with Crippen LogP contribution in [-0.2, 0) is 6.54 Å². The van der Waals surface area contributed by atoms with E-state index in [4.69, 9.17) is 33.8 Å². The molecule has 3 heterocycles. The molecule has 4 aromatic rings. The van der Waals surface area contributed by atoms with Crippen molar-refractivity contribution in [2.45, 2.75) is 20.4 Å². The maximum absolute atomic E-state index is 5.71. The first kappa shape index (κ1) is 27.4. The van der Waals surface area contributed by atoms with Crippen LogP contribution < -0.4 is 28.6 Å². The van der Waals surface area contributed by atoms with Crippen molar-refractivity contribution in [3.05, 3.63) is 53.3 Å². The maximum Gasteiger partial charge on any atom is 0.203 e. The van der Waals surface area contributed by atoms with Crippen molar-refractivity contribution in [2.24, 2.45) is 0 Å². The van der Waals surface area contributed by atoms with E-state index in [0.29, 0.717) is 28.7 Å². The topological polar surface area (TPSA) is 82.8 Å². The Morgan fingerprint density at radius 2 is 1.40 bits per heavy atom. The van der Waals surface area contributed by atoms with Crippen LogP contribution in [0.4, 0.5) is 5.82 Å². The third-order valence-corrected chi connectivity index (χ3v) is 7.42. The van der Waals surface area contributed by atoms with Gasteiger partial charge >= 0.3 is 0 Å². The molecule has 5 rings (SSSR count). The first-order chi connectivity index (χ1) is 19.4. The molecule has 0 atom stereocenters. The minimum absolute atomic E-state index is 0.620. The number of ether oxygens (including phenoxy) is 5. The molecule has 0 spiro atoms. The van der Waals surface area contributed by atoms with Crippen LogP contribution in [0.25, 0.3) is 16.8 Å². The fourth-order valence-corrected chi connectivity index (χ4v) is 5.44. The van der Waals surface area contributed by atoms with Gasteiger partial charge in [0.2, 0.25) is 5.75 Å². The Bertz CT molecular complexity index is 1510. The zero-order valence-corrected chi connectivity index (χ0v) is 24.3. The molecule has 40 heavy (non-hydrogen) atoms. The van der Waals surface area contributed by atoms with Gasteiger partial charge in [-0.25, -0.2) is 4.98 Å². The molecular weight excluding hydrogens is 510 g/mol. The molecule has 2 aromatic carbocycles. The van der Waals surface area contributed by atoms with Gasteiger partial charge in [0.1, 0.15) is 5.82 Å². The van der Waals surface area contributed by atoms with E-state index < -0.39 is 0 Å². The van der Waals surface area contributed by atoms with Crippen LogP contribution in [0.1, 0.15) is 17.0 Å². The van der Waals surface area contributed by atoms with E-state index in [1.807, 2.05) is 48.7 Å². The summed E-state index contributed by atoms with van der Waals surface area (Å²) >= 11 is 0. The lowest BCUT2D eigenvalue weighted by atomic mass is 10.1. The second-order valence-electron chi connectivity index (χ2n) is 9.78. The Labute approximate surface area is 235 Å². The summed E-state index contributed by atoms with van der Waals surface area (Å²) in [5.74, 6) is 4.40. The normalized spacial score (nSPS) is 13.9. The summed E-state index contributed by atoms with van der Waals surface area (Å²) in [7, 11) is 8.21. The number of benzene rings is 2. The molecule has 212 valence electrons. The fraction of sp³-hybridized carbons (Fsp3) is 0.400. The van der Waals surface area contributed by atoms with E-state index in [2.05, 4.69) is 15.9 Å². The molecule has 1 aliphatic rings. The van der Waals surface area contributed by atoms with Gasteiger partial charge in [-0.2, -0.15) is 9.61 Å². The van der Waals surface area contributed by atoms with Crippen LogP contribution in [0.5, 0.6) is 28.7 Å². The van der Waals surface area contributed by atoms with Gasteiger partial charge < -0.3 is 28.6 Å². The standard InChI is InChI=1S/C30H37N5O5/c1-19-16-26(35-30(31-19)27(20(2)32-35)21-8-10-23(36-3)25(17-21)38-5)34-14-12-33(13-15-34)18-22-9-11-24(37-4)29(40-7)28(22)39-6/h8-11,16-17H,12-15,18H2,1-7H3. The minimum Gasteiger partial charge on any atom is -0.493 e. The Balaban J connectivity index is 1.40. The molecule has 0 N–H and O–H groups in total. The van der Waals surface area contributed by atoms with Crippen LogP contribution in [0.15, 0.2) is 36.4 Å². The lowest BCUT2D eigenvalue weighted by Crippen LogP contribution is -2.46. The first-order valence-corrected chi connectivity index (χ1v) is 13.3. The highest BCUT2D eigenvalue weighted by Gasteiger charge is 2.25. The number of hydrogen-bond donors (Lipinski definition) is 0. The minimum atomic E-state index is 0.620. The van der Waals surface area contributed by atoms with Crippen molar-refractivity contribution in [1.29, 1.82) is 0 Å². The number of fused-ring (bicyclic) bond motifs is 1. The number of methoxy groups -OCH3 is 5. The van der Waals surface area contributed by atoms with Crippen LogP contribution in [0.3, 0.4) is 0 Å². The molecule has 0 amide bonds. The summed E-state index contributed by atoms with van der Waals surface area (Å²) in [5.41, 5.74) is 5.73. The van der Waals surface area contributed by atoms with Crippen LogP contribution in [0, 0.1) is 13.8 Å². The number of piperazine rings is 1. The molecule has 0 unspecified atom stereocenters. The summed E-state index contributed by atoms with van der Waals surface area (Å²) in [6.45, 7) is 8.31. The van der Waals surface area contributed by atoms with Crippen molar-refractivity contribution in [3.63, 3.8) is 0 Å². The number of hydrogen-bond acceptors (Lipinski definition) is 9. The second-order valence-corrected chi connectivity index (χ2v) is 9.78. The van der Waals surface area contributed by atoms with Gasteiger partial charge in [0.15, 0.2) is 28.6 Å². The van der Waals surface area contributed by atoms with E-state index in [9.17, 15) is 0 Å². The highest BCUT2D eigenvalue weighted by molar-refractivity contribution is 5.82. The molecule has 1 saturated heterocycles. The molecule has 2 aromatic heterocycles. The van der Waals surface area contributed by atoms with Gasteiger partial charge in [0.25, 0.3) is 0 Å². The molecule has 0 saturated carbocycles. The maximum atomic E-state index is 5.71. The smallest absolute Gasteiger partial charge is 0.203 e. The fourth-order valence-electron chi connectivity index (χ4n) is 5.44. The quantitative estimate of drug-likeness (QED) is 0.303. The summed E-state index contributed by atoms with van der Waals surface area (Å²) in [4.78, 5) is 9.71. The molecular formula is C30H37N5O5. The number of aromatic nitrogens is 3. The molecule has 0 aliphatic carbocycles. The van der Waals surface area contributed by atoms with Gasteiger partial charge in [0.05, 0.1) is 41.2 Å². The Hall–Kier alpha value is -4.18. The lowest BCUT2D eigenvalue weighted by Gasteiger charge is -2.36. The number of rotatable bonds is 9. The zero-order valence-electron chi connectivity index (χ0n) is 24.3. The van der Waals surface area contributed by atoms with Crippen molar-refractivity contribution < 1.29 is 23.7 Å². The summed E-state index contributed by atoms with van der Waals surface area (Å²) in [6.07, 6.45) is 0. The number of aryl methyl sites for hydroxylation is 2. The zero-order chi connectivity index (χ0) is 28.4. The molecule has 0 radical (unpaired) electrons. The highest BCUT2D eigenvalue weighted by Crippen LogP contribution is 2.40. The van der Waals surface area contributed by atoms with Gasteiger partial charge in [-0.1, -0.05) is 12.1 Å². The van der Waals surface area contributed by atoms with Crippen molar-refractivity contribution in [2.75, 3.05) is 66.6 Å². The van der Waals surface area contributed by atoms with Crippen LogP contribution in [-0.4, -0.2) is 81.2 Å². The number of nitrogens with zero attached hydrogens (tertiary/aromatic N) is 5. The van der Waals surface area contributed by atoms with Crippen molar-refractivity contribution >= 4 is 11.5 Å². The summed E-state index contributed by atoms with van der Waals surface area (Å²) in [6, 6.07) is 12.0. The van der Waals surface area contributed by atoms with Crippen molar-refractivity contribution in [1.82, 2.24) is 19.5 Å². The predicted octanol–water partition coefficient (Wildman–Crippen LogP) is 4.38. The van der Waals surface area contributed by atoms with E-state index in [0.717, 1.165) is 72.3 Å². The average molecular weight is 548 g/mol. The summed E-state index contributed by atoms with van der Waals surface area (Å²) < 4.78 is 29.7. The van der Waals surface area contributed by atoms with Crippen LogP contribution >= 0.6 is 0 Å². The van der Waals surface area contributed by atoms with E-state index in [1.54, 1.807) is 35.5 Å². The largest absolute Gasteiger partial charge is 0.493 e. The lowest BCUT2D eigenvalue weighted by molar-refractivity contribution is 0.243. The molecule has 10 heteroatoms. The van der Waals surface area contributed by atoms with E-state index in [-0.39, 0.29) is 0 Å². The molecule has 0 bridgehead atoms. The van der Waals surface area contributed by atoms with Crippen molar-refractivity contribution in [3.8, 4) is 39.9 Å². The predicted molar refractivity (Wildman–Crippen MR) is 155 cm³/mol. The monoisotopic (exact) mass is 547 g/mol. The van der Waals surface area contributed by atoms with E-state index >= 15 is 0 Å². The molecule has 10 nitrogen and oxygen atoms in total. The van der Waals surface area contributed by atoms with Gasteiger partial charge in [0, 0.05) is 55.6 Å². The Morgan fingerprint density at radius 3 is 2.05 bits per heavy atom. The first-order valence-electron chi connectivity index (χ1n) is 13.3. The van der Waals surface area contributed by atoms with Gasteiger partial charge in [-0.15, -0.1) is 0 Å². The van der Waals surface area contributed by atoms with E-state index in [1.165, 1.54) is 0 Å². The Morgan fingerprint density at radius 1 is 0.725 bits per heavy atom. The Kier molecular flexibility index (Phi) is 7.88. The summed E-state index contributed by atoms with van der Waals surface area (Å²) in [5, 5.41) is 4.93. The van der Waals surface area contributed by atoms with Crippen LogP contribution in [0.2, 0.25) is 0 Å². The third kappa shape index (κ3) is 4.95.